The average molecular weight is 321 g/mol. The number of imidazole rings is 1. The van der Waals surface area contributed by atoms with Crippen LogP contribution in [0.2, 0.25) is 0 Å². The number of H-pyrrole nitrogens is 1. The highest BCUT2D eigenvalue weighted by Gasteiger charge is 2.22. The topological polar surface area (TPSA) is 65.1 Å². The number of carbonyl (C=O) groups excluding carboxylic acids is 1. The molecule has 6 nitrogen and oxygen atoms in total. The van der Waals surface area contributed by atoms with Crippen molar-refractivity contribution in [2.24, 2.45) is 0 Å². The molecule has 3 aromatic rings. The molecule has 0 spiro atoms. The molecule has 1 aliphatic rings. The number of amides is 1. The fraction of sp³-hybridized carbons (Fsp3) is 0.278. The molecule has 2 aromatic heterocycles. The molecule has 0 bridgehead atoms. The minimum atomic E-state index is 0.0401. The molecule has 1 aliphatic heterocycles. The van der Waals surface area contributed by atoms with E-state index < -0.39 is 0 Å². The second-order valence-electron chi connectivity index (χ2n) is 6.05. The number of piperazine rings is 1. The molecule has 1 aromatic carbocycles. The lowest BCUT2D eigenvalue weighted by Gasteiger charge is -2.34. The third-order valence-electron chi connectivity index (χ3n) is 4.43. The highest BCUT2D eigenvalue weighted by Crippen LogP contribution is 2.14. The fourth-order valence-electron chi connectivity index (χ4n) is 3.08. The van der Waals surface area contributed by atoms with Gasteiger partial charge in [0.25, 0.3) is 5.91 Å². The molecule has 0 unspecified atom stereocenters. The number of aromatic amines is 1. The molecule has 6 heteroatoms. The maximum absolute atomic E-state index is 12.7. The van der Waals surface area contributed by atoms with Gasteiger partial charge in [-0.05, 0) is 11.6 Å². The molecular formula is C18H19N5O. The van der Waals surface area contributed by atoms with Crippen LogP contribution in [0.25, 0.3) is 11.2 Å². The van der Waals surface area contributed by atoms with Crippen molar-refractivity contribution in [3.63, 3.8) is 0 Å². The first-order valence-corrected chi connectivity index (χ1v) is 8.14. The van der Waals surface area contributed by atoms with Crippen molar-refractivity contribution in [2.45, 2.75) is 6.54 Å². The van der Waals surface area contributed by atoms with Crippen LogP contribution < -0.4 is 0 Å². The summed E-state index contributed by atoms with van der Waals surface area (Å²) in [4.78, 5) is 28.3. The molecule has 1 saturated heterocycles. The molecule has 3 heterocycles. The van der Waals surface area contributed by atoms with Gasteiger partial charge < -0.3 is 9.88 Å². The molecule has 0 atom stereocenters. The SMILES string of the molecule is O=C(c1cnc2nc[nH]c2c1)N1CCN(Cc2ccccc2)CC1. The van der Waals surface area contributed by atoms with Gasteiger partial charge in [0, 0.05) is 38.9 Å². The van der Waals surface area contributed by atoms with E-state index >= 15 is 0 Å². The molecule has 4 rings (SSSR count). The van der Waals surface area contributed by atoms with Crippen molar-refractivity contribution in [3.05, 3.63) is 60.0 Å². The molecular weight excluding hydrogens is 302 g/mol. The largest absolute Gasteiger partial charge is 0.343 e. The first-order chi connectivity index (χ1) is 11.8. The number of pyridine rings is 1. The Labute approximate surface area is 140 Å². The smallest absolute Gasteiger partial charge is 0.255 e. The summed E-state index contributed by atoms with van der Waals surface area (Å²) in [7, 11) is 0. The molecule has 0 saturated carbocycles. The highest BCUT2D eigenvalue weighted by molar-refractivity contribution is 5.96. The molecule has 1 amide bonds. The summed E-state index contributed by atoms with van der Waals surface area (Å²) in [6.45, 7) is 4.20. The van der Waals surface area contributed by atoms with E-state index in [0.717, 1.165) is 38.2 Å². The zero-order chi connectivity index (χ0) is 16.4. The Balaban J connectivity index is 1.39. The Morgan fingerprint density at radius 2 is 1.88 bits per heavy atom. The molecule has 122 valence electrons. The molecule has 1 fully saturated rings. The van der Waals surface area contributed by atoms with Crippen LogP contribution in [0.1, 0.15) is 15.9 Å². The zero-order valence-corrected chi connectivity index (χ0v) is 13.4. The van der Waals surface area contributed by atoms with Gasteiger partial charge >= 0.3 is 0 Å². The summed E-state index contributed by atoms with van der Waals surface area (Å²) in [5.74, 6) is 0.0401. The van der Waals surface area contributed by atoms with Crippen LogP contribution in [0.5, 0.6) is 0 Å². The number of aromatic nitrogens is 3. The minimum absolute atomic E-state index is 0.0401. The highest BCUT2D eigenvalue weighted by atomic mass is 16.2. The van der Waals surface area contributed by atoms with Crippen LogP contribution in [-0.2, 0) is 6.54 Å². The number of hydrogen-bond donors (Lipinski definition) is 1. The van der Waals surface area contributed by atoms with Crippen LogP contribution in [0, 0.1) is 0 Å². The van der Waals surface area contributed by atoms with Crippen molar-refractivity contribution >= 4 is 17.1 Å². The molecule has 24 heavy (non-hydrogen) atoms. The van der Waals surface area contributed by atoms with E-state index in [1.54, 1.807) is 12.5 Å². The Morgan fingerprint density at radius 1 is 1.08 bits per heavy atom. The molecule has 1 N–H and O–H groups in total. The third kappa shape index (κ3) is 3.00. The van der Waals surface area contributed by atoms with E-state index in [2.05, 4.69) is 44.1 Å². The lowest BCUT2D eigenvalue weighted by atomic mass is 10.2. The zero-order valence-electron chi connectivity index (χ0n) is 13.4. The summed E-state index contributed by atoms with van der Waals surface area (Å²) in [6, 6.07) is 12.3. The Morgan fingerprint density at radius 3 is 2.67 bits per heavy atom. The van der Waals surface area contributed by atoms with E-state index in [1.165, 1.54) is 5.56 Å². The fourth-order valence-corrected chi connectivity index (χ4v) is 3.08. The van der Waals surface area contributed by atoms with Crippen molar-refractivity contribution in [3.8, 4) is 0 Å². The van der Waals surface area contributed by atoms with Crippen molar-refractivity contribution in [2.75, 3.05) is 26.2 Å². The van der Waals surface area contributed by atoms with E-state index in [-0.39, 0.29) is 5.91 Å². The molecule has 0 aliphatic carbocycles. The van der Waals surface area contributed by atoms with Gasteiger partial charge in [0.1, 0.15) is 0 Å². The van der Waals surface area contributed by atoms with Crippen molar-refractivity contribution < 1.29 is 4.79 Å². The first kappa shape index (κ1) is 14.8. The summed E-state index contributed by atoms with van der Waals surface area (Å²) >= 11 is 0. The maximum Gasteiger partial charge on any atom is 0.255 e. The van der Waals surface area contributed by atoms with E-state index in [9.17, 15) is 4.79 Å². The van der Waals surface area contributed by atoms with E-state index in [4.69, 9.17) is 0 Å². The average Bonchev–Trinajstić information content (AvgIpc) is 3.10. The normalized spacial score (nSPS) is 15.8. The summed E-state index contributed by atoms with van der Waals surface area (Å²) < 4.78 is 0. The Kier molecular flexibility index (Phi) is 3.96. The van der Waals surface area contributed by atoms with Gasteiger partial charge in [0.05, 0.1) is 17.4 Å². The van der Waals surface area contributed by atoms with Gasteiger partial charge in [-0.1, -0.05) is 30.3 Å². The third-order valence-corrected chi connectivity index (χ3v) is 4.43. The van der Waals surface area contributed by atoms with Gasteiger partial charge in [-0.3, -0.25) is 9.69 Å². The minimum Gasteiger partial charge on any atom is -0.343 e. The predicted octanol–water partition coefficient (Wildman–Crippen LogP) is 1.92. The Hall–Kier alpha value is -2.73. The van der Waals surface area contributed by atoms with Gasteiger partial charge in [0.15, 0.2) is 5.65 Å². The lowest BCUT2D eigenvalue weighted by molar-refractivity contribution is 0.0628. The van der Waals surface area contributed by atoms with Gasteiger partial charge in [-0.25, -0.2) is 9.97 Å². The standard InChI is InChI=1S/C18H19N5O/c24-18(15-10-16-17(19-11-15)21-13-20-16)23-8-6-22(7-9-23)12-14-4-2-1-3-5-14/h1-5,10-11,13H,6-9,12H2,(H,19,20,21). The number of benzene rings is 1. The van der Waals surface area contributed by atoms with Gasteiger partial charge in [-0.2, -0.15) is 0 Å². The number of nitrogens with one attached hydrogen (secondary N) is 1. The van der Waals surface area contributed by atoms with Crippen LogP contribution in [0.15, 0.2) is 48.9 Å². The Bertz CT molecular complexity index is 837. The second-order valence-corrected chi connectivity index (χ2v) is 6.05. The van der Waals surface area contributed by atoms with Crippen LogP contribution >= 0.6 is 0 Å². The first-order valence-electron chi connectivity index (χ1n) is 8.14. The van der Waals surface area contributed by atoms with Crippen molar-refractivity contribution in [1.82, 2.24) is 24.8 Å². The predicted molar refractivity (Wildman–Crippen MR) is 91.5 cm³/mol. The maximum atomic E-state index is 12.7. The second kappa shape index (κ2) is 6.41. The summed E-state index contributed by atoms with van der Waals surface area (Å²) in [5, 5.41) is 0. The number of hydrogen-bond acceptors (Lipinski definition) is 4. The van der Waals surface area contributed by atoms with E-state index in [1.807, 2.05) is 17.0 Å². The van der Waals surface area contributed by atoms with Crippen LogP contribution in [0.3, 0.4) is 0 Å². The van der Waals surface area contributed by atoms with E-state index in [0.29, 0.717) is 11.2 Å². The number of nitrogens with zero attached hydrogens (tertiary/aromatic N) is 4. The quantitative estimate of drug-likeness (QED) is 0.800. The number of fused-ring (bicyclic) bond motifs is 1. The van der Waals surface area contributed by atoms with Gasteiger partial charge in [-0.15, -0.1) is 0 Å². The van der Waals surface area contributed by atoms with Crippen LogP contribution in [-0.4, -0.2) is 56.8 Å². The van der Waals surface area contributed by atoms with Gasteiger partial charge in [0.2, 0.25) is 0 Å². The number of rotatable bonds is 3. The summed E-state index contributed by atoms with van der Waals surface area (Å²) in [6.07, 6.45) is 3.20. The molecule has 0 radical (unpaired) electrons. The monoisotopic (exact) mass is 321 g/mol. The van der Waals surface area contributed by atoms with Crippen LogP contribution in [0.4, 0.5) is 0 Å². The van der Waals surface area contributed by atoms with Crippen molar-refractivity contribution in [1.29, 1.82) is 0 Å². The summed E-state index contributed by atoms with van der Waals surface area (Å²) in [5.41, 5.74) is 3.36. The lowest BCUT2D eigenvalue weighted by Crippen LogP contribution is -2.48. The number of carbonyl (C=O) groups is 1.